The van der Waals surface area contributed by atoms with Crippen molar-refractivity contribution in [3.63, 3.8) is 0 Å². The minimum atomic E-state index is 0.780. The van der Waals surface area contributed by atoms with Gasteiger partial charge < -0.3 is 10.7 Å². The molecule has 0 amide bonds. The van der Waals surface area contributed by atoms with E-state index in [1.807, 2.05) is 6.20 Å². The highest BCUT2D eigenvalue weighted by Gasteiger charge is 1.99. The van der Waals surface area contributed by atoms with Gasteiger partial charge in [-0.1, -0.05) is 6.92 Å². The van der Waals surface area contributed by atoms with Crippen molar-refractivity contribution < 1.29 is 0 Å². The van der Waals surface area contributed by atoms with E-state index in [-0.39, 0.29) is 0 Å². The number of rotatable bonds is 4. The quantitative estimate of drug-likeness (QED) is 0.674. The molecule has 11 heavy (non-hydrogen) atoms. The molecule has 2 nitrogen and oxygen atoms in total. The minimum absolute atomic E-state index is 0.780. The average Bonchev–Trinajstić information content (AvgIpc) is 2.47. The van der Waals surface area contributed by atoms with Crippen molar-refractivity contribution in [2.45, 2.75) is 26.2 Å². The third-order valence-electron chi connectivity index (χ3n) is 1.94. The van der Waals surface area contributed by atoms with Crippen molar-refractivity contribution in [2.75, 3.05) is 6.54 Å². The summed E-state index contributed by atoms with van der Waals surface area (Å²) in [5.74, 6) is 0. The molecule has 0 saturated heterocycles. The Bertz CT molecular complexity index is 203. The first kappa shape index (κ1) is 8.34. The molecule has 62 valence electrons. The number of hydrogen-bond donors (Lipinski definition) is 2. The summed E-state index contributed by atoms with van der Waals surface area (Å²) in [6.07, 6.45) is 5.29. The molecule has 2 heteroatoms. The van der Waals surface area contributed by atoms with Gasteiger partial charge in [-0.15, -0.1) is 0 Å². The van der Waals surface area contributed by atoms with Crippen LogP contribution in [0.4, 0.5) is 0 Å². The zero-order valence-corrected chi connectivity index (χ0v) is 7.06. The number of nitrogens with two attached hydrogens (primary N) is 1. The Kier molecular flexibility index (Phi) is 3.17. The fourth-order valence-corrected chi connectivity index (χ4v) is 1.28. The first-order chi connectivity index (χ1) is 5.38. The lowest BCUT2D eigenvalue weighted by atomic mass is 10.1. The summed E-state index contributed by atoms with van der Waals surface area (Å²) < 4.78 is 0. The van der Waals surface area contributed by atoms with Crippen molar-refractivity contribution in [3.05, 3.63) is 23.5 Å². The zero-order chi connectivity index (χ0) is 8.10. The molecule has 0 bridgehead atoms. The van der Waals surface area contributed by atoms with Gasteiger partial charge in [-0.05, 0) is 37.4 Å². The van der Waals surface area contributed by atoms with Crippen molar-refractivity contribution >= 4 is 0 Å². The van der Waals surface area contributed by atoms with Crippen LogP contribution < -0.4 is 5.73 Å². The van der Waals surface area contributed by atoms with E-state index in [1.165, 1.54) is 11.3 Å². The van der Waals surface area contributed by atoms with Crippen molar-refractivity contribution in [1.29, 1.82) is 0 Å². The summed E-state index contributed by atoms with van der Waals surface area (Å²) in [7, 11) is 0. The van der Waals surface area contributed by atoms with E-state index in [4.69, 9.17) is 5.73 Å². The lowest BCUT2D eigenvalue weighted by Gasteiger charge is -1.99. The molecule has 0 radical (unpaired) electrons. The Balaban J connectivity index is 2.54. The number of aromatic amines is 1. The second kappa shape index (κ2) is 4.19. The largest absolute Gasteiger partial charge is 0.365 e. The van der Waals surface area contributed by atoms with Crippen LogP contribution in [0.1, 0.15) is 24.6 Å². The molecule has 1 aromatic rings. The molecule has 1 rings (SSSR count). The van der Waals surface area contributed by atoms with E-state index in [9.17, 15) is 0 Å². The molecule has 0 aliphatic carbocycles. The highest BCUT2D eigenvalue weighted by atomic mass is 14.7. The zero-order valence-electron chi connectivity index (χ0n) is 7.06. The number of H-pyrrole nitrogens is 1. The normalized spacial score (nSPS) is 10.4. The molecule has 0 saturated carbocycles. The molecule has 1 aromatic heterocycles. The monoisotopic (exact) mass is 152 g/mol. The Morgan fingerprint density at radius 1 is 1.55 bits per heavy atom. The first-order valence-electron chi connectivity index (χ1n) is 4.23. The predicted octanol–water partition coefficient (Wildman–Crippen LogP) is 1.47. The van der Waals surface area contributed by atoms with Gasteiger partial charge in [0, 0.05) is 11.9 Å². The van der Waals surface area contributed by atoms with Gasteiger partial charge in [-0.2, -0.15) is 0 Å². The first-order valence-corrected chi connectivity index (χ1v) is 4.23. The second-order valence-electron chi connectivity index (χ2n) is 2.73. The third-order valence-corrected chi connectivity index (χ3v) is 1.94. The maximum Gasteiger partial charge on any atom is 0.0180 e. The summed E-state index contributed by atoms with van der Waals surface area (Å²) in [4.78, 5) is 3.24. The van der Waals surface area contributed by atoms with Crippen LogP contribution in [0.3, 0.4) is 0 Å². The summed E-state index contributed by atoms with van der Waals surface area (Å²) in [5.41, 5.74) is 8.21. The lowest BCUT2D eigenvalue weighted by Crippen LogP contribution is -2.01. The molecule has 0 spiro atoms. The average molecular weight is 152 g/mol. The van der Waals surface area contributed by atoms with Crippen LogP contribution >= 0.6 is 0 Å². The van der Waals surface area contributed by atoms with Crippen LogP contribution in [-0.4, -0.2) is 11.5 Å². The van der Waals surface area contributed by atoms with E-state index in [0.717, 1.165) is 25.8 Å². The van der Waals surface area contributed by atoms with Crippen LogP contribution in [0.25, 0.3) is 0 Å². The van der Waals surface area contributed by atoms with Gasteiger partial charge in [-0.3, -0.25) is 0 Å². The molecule has 0 aromatic carbocycles. The van der Waals surface area contributed by atoms with E-state index in [2.05, 4.69) is 18.0 Å². The van der Waals surface area contributed by atoms with Gasteiger partial charge in [0.25, 0.3) is 0 Å². The molecule has 0 unspecified atom stereocenters. The van der Waals surface area contributed by atoms with Gasteiger partial charge in [0.05, 0.1) is 0 Å². The summed E-state index contributed by atoms with van der Waals surface area (Å²) >= 11 is 0. The second-order valence-corrected chi connectivity index (χ2v) is 2.73. The van der Waals surface area contributed by atoms with Gasteiger partial charge in [0.15, 0.2) is 0 Å². The topological polar surface area (TPSA) is 41.8 Å². The van der Waals surface area contributed by atoms with E-state index >= 15 is 0 Å². The standard InChI is InChI=1S/C9H16N2/c1-2-8-5-7-11-9(8)4-3-6-10/h5,7,11H,2-4,6,10H2,1H3. The minimum Gasteiger partial charge on any atom is -0.365 e. The van der Waals surface area contributed by atoms with Gasteiger partial charge >= 0.3 is 0 Å². The molecular formula is C9H16N2. The summed E-state index contributed by atoms with van der Waals surface area (Å²) in [5, 5.41) is 0. The van der Waals surface area contributed by atoms with E-state index in [0.29, 0.717) is 0 Å². The van der Waals surface area contributed by atoms with Crippen LogP contribution in [-0.2, 0) is 12.8 Å². The number of aromatic nitrogens is 1. The third kappa shape index (κ3) is 2.09. The summed E-state index contributed by atoms with van der Waals surface area (Å²) in [6.45, 7) is 2.96. The Hall–Kier alpha value is -0.760. The molecule has 0 atom stereocenters. The maximum atomic E-state index is 5.42. The van der Waals surface area contributed by atoms with Crippen LogP contribution in [0.2, 0.25) is 0 Å². The highest BCUT2D eigenvalue weighted by molar-refractivity contribution is 5.20. The SMILES string of the molecule is CCc1cc[nH]c1CCCN. The van der Waals surface area contributed by atoms with Crippen molar-refractivity contribution in [1.82, 2.24) is 4.98 Å². The Labute approximate surface area is 67.8 Å². The summed E-state index contributed by atoms with van der Waals surface area (Å²) in [6, 6.07) is 2.14. The molecular weight excluding hydrogens is 136 g/mol. The fourth-order valence-electron chi connectivity index (χ4n) is 1.28. The van der Waals surface area contributed by atoms with Crippen molar-refractivity contribution in [2.24, 2.45) is 5.73 Å². The number of nitrogens with one attached hydrogen (secondary N) is 1. The van der Waals surface area contributed by atoms with Crippen molar-refractivity contribution in [3.8, 4) is 0 Å². The maximum absolute atomic E-state index is 5.42. The Morgan fingerprint density at radius 2 is 2.36 bits per heavy atom. The Morgan fingerprint density at radius 3 is 3.00 bits per heavy atom. The van der Waals surface area contributed by atoms with Crippen LogP contribution in [0.15, 0.2) is 12.3 Å². The lowest BCUT2D eigenvalue weighted by molar-refractivity contribution is 0.806. The van der Waals surface area contributed by atoms with Gasteiger partial charge in [-0.25, -0.2) is 0 Å². The fraction of sp³-hybridized carbons (Fsp3) is 0.556. The number of aryl methyl sites for hydroxylation is 2. The predicted molar refractivity (Wildman–Crippen MR) is 47.5 cm³/mol. The van der Waals surface area contributed by atoms with E-state index < -0.39 is 0 Å². The molecule has 0 aliphatic heterocycles. The van der Waals surface area contributed by atoms with Crippen LogP contribution in [0, 0.1) is 0 Å². The van der Waals surface area contributed by atoms with E-state index in [1.54, 1.807) is 0 Å². The van der Waals surface area contributed by atoms with Gasteiger partial charge in [0.1, 0.15) is 0 Å². The molecule has 1 heterocycles. The molecule has 3 N–H and O–H groups in total. The number of hydrogen-bond acceptors (Lipinski definition) is 1. The molecule has 0 aliphatic rings. The van der Waals surface area contributed by atoms with Gasteiger partial charge in [0.2, 0.25) is 0 Å². The smallest absolute Gasteiger partial charge is 0.0180 e. The molecule has 0 fully saturated rings. The highest BCUT2D eigenvalue weighted by Crippen LogP contribution is 2.08. The van der Waals surface area contributed by atoms with Crippen LogP contribution in [0.5, 0.6) is 0 Å².